The highest BCUT2D eigenvalue weighted by Crippen LogP contribution is 2.24. The van der Waals surface area contributed by atoms with Gasteiger partial charge in [0.1, 0.15) is 5.75 Å². The molecule has 0 bridgehead atoms. The minimum atomic E-state index is -3.85. The Kier molecular flexibility index (Phi) is 7.21. The highest BCUT2D eigenvalue weighted by atomic mass is 32.2. The Hall–Kier alpha value is -3.72. The van der Waals surface area contributed by atoms with Crippen molar-refractivity contribution in [2.45, 2.75) is 11.5 Å². The zero-order valence-corrected chi connectivity index (χ0v) is 17.8. The first-order valence-corrected chi connectivity index (χ1v) is 10.9. The van der Waals surface area contributed by atoms with Crippen LogP contribution in [0, 0.1) is 0 Å². The Morgan fingerprint density at radius 2 is 1.69 bits per heavy atom. The molecule has 3 aromatic rings. The summed E-state index contributed by atoms with van der Waals surface area (Å²) in [5, 5.41) is 2.57. The largest absolute Gasteiger partial charge is 0.434 e. The lowest BCUT2D eigenvalue weighted by molar-refractivity contribution is -0.111. The standard InChI is InChI=1S/C23H20F2N2O4S/c1-27(19-10-3-2-4-11-19)32(29,30)20-12-7-9-18(16-20)26-22(28)15-14-17-8-5-6-13-21(17)31-23(24)25/h2-16,23H,1H3,(H,26,28)/b15-14+. The Bertz CT molecular complexity index is 1220. The minimum Gasteiger partial charge on any atom is -0.434 e. The van der Waals surface area contributed by atoms with Crippen LogP contribution in [0.2, 0.25) is 0 Å². The van der Waals surface area contributed by atoms with Crippen LogP contribution < -0.4 is 14.4 Å². The summed E-state index contributed by atoms with van der Waals surface area (Å²) in [6, 6.07) is 20.4. The van der Waals surface area contributed by atoms with Crippen molar-refractivity contribution in [3.05, 3.63) is 90.5 Å². The second-order valence-electron chi connectivity index (χ2n) is 6.57. The fourth-order valence-electron chi connectivity index (χ4n) is 2.84. The molecular weight excluding hydrogens is 438 g/mol. The molecule has 0 aliphatic rings. The molecule has 3 aromatic carbocycles. The monoisotopic (exact) mass is 458 g/mol. The van der Waals surface area contributed by atoms with Crippen LogP contribution in [0.5, 0.6) is 5.75 Å². The van der Waals surface area contributed by atoms with Crippen LogP contribution in [0.4, 0.5) is 20.2 Å². The molecule has 3 rings (SSSR count). The molecule has 0 atom stereocenters. The molecule has 0 unspecified atom stereocenters. The molecule has 0 aliphatic heterocycles. The number of rotatable bonds is 8. The van der Waals surface area contributed by atoms with Gasteiger partial charge in [0.25, 0.3) is 10.0 Å². The van der Waals surface area contributed by atoms with Crippen LogP contribution in [-0.4, -0.2) is 28.0 Å². The molecule has 6 nitrogen and oxygen atoms in total. The van der Waals surface area contributed by atoms with E-state index < -0.39 is 22.5 Å². The average Bonchev–Trinajstić information content (AvgIpc) is 2.78. The molecule has 32 heavy (non-hydrogen) atoms. The second-order valence-corrected chi connectivity index (χ2v) is 8.54. The van der Waals surface area contributed by atoms with Crippen LogP contribution in [0.15, 0.2) is 89.8 Å². The average molecular weight is 458 g/mol. The molecule has 0 spiro atoms. The summed E-state index contributed by atoms with van der Waals surface area (Å²) in [5.41, 5.74) is 1.05. The normalized spacial score (nSPS) is 11.5. The van der Waals surface area contributed by atoms with Crippen molar-refractivity contribution in [2.75, 3.05) is 16.7 Å². The summed E-state index contributed by atoms with van der Waals surface area (Å²) in [4.78, 5) is 12.3. The van der Waals surface area contributed by atoms with Crippen molar-refractivity contribution in [2.24, 2.45) is 0 Å². The zero-order chi connectivity index (χ0) is 23.1. The van der Waals surface area contributed by atoms with Gasteiger partial charge in [-0.2, -0.15) is 8.78 Å². The van der Waals surface area contributed by atoms with Gasteiger partial charge < -0.3 is 10.1 Å². The molecule has 0 aromatic heterocycles. The van der Waals surface area contributed by atoms with E-state index in [9.17, 15) is 22.0 Å². The van der Waals surface area contributed by atoms with Gasteiger partial charge in [0, 0.05) is 24.4 Å². The van der Waals surface area contributed by atoms with Crippen LogP contribution in [0.25, 0.3) is 6.08 Å². The predicted octanol–water partition coefficient (Wildman–Crippen LogP) is 4.77. The number of carbonyl (C=O) groups excluding carboxylic acids is 1. The maximum absolute atomic E-state index is 12.9. The van der Waals surface area contributed by atoms with Crippen LogP contribution >= 0.6 is 0 Å². The van der Waals surface area contributed by atoms with E-state index in [1.165, 1.54) is 49.5 Å². The topological polar surface area (TPSA) is 75.7 Å². The fourth-order valence-corrected chi connectivity index (χ4v) is 4.08. The molecule has 0 heterocycles. The summed E-state index contributed by atoms with van der Waals surface area (Å²) in [6.07, 6.45) is 2.47. The third-order valence-corrected chi connectivity index (χ3v) is 6.21. The van der Waals surface area contributed by atoms with E-state index in [-0.39, 0.29) is 16.3 Å². The van der Waals surface area contributed by atoms with Crippen LogP contribution in [-0.2, 0) is 14.8 Å². The Morgan fingerprint density at radius 3 is 2.41 bits per heavy atom. The number of amides is 1. The number of sulfonamides is 1. The van der Waals surface area contributed by atoms with Gasteiger partial charge >= 0.3 is 6.61 Å². The molecule has 1 amide bonds. The number of para-hydroxylation sites is 2. The number of nitrogens with one attached hydrogen (secondary N) is 1. The summed E-state index contributed by atoms with van der Waals surface area (Å²) < 4.78 is 56.4. The van der Waals surface area contributed by atoms with E-state index in [1.54, 1.807) is 42.5 Å². The molecule has 0 saturated carbocycles. The number of nitrogens with zero attached hydrogens (tertiary/aromatic N) is 1. The molecule has 0 saturated heterocycles. The number of hydrogen-bond donors (Lipinski definition) is 1. The first-order chi connectivity index (χ1) is 15.3. The van der Waals surface area contributed by atoms with Gasteiger partial charge in [-0.05, 0) is 42.5 Å². The van der Waals surface area contributed by atoms with Gasteiger partial charge in [0.2, 0.25) is 5.91 Å². The lowest BCUT2D eigenvalue weighted by Gasteiger charge is -2.19. The molecular formula is C23H20F2N2O4S. The summed E-state index contributed by atoms with van der Waals surface area (Å²) in [7, 11) is -2.40. The number of anilines is 2. The number of hydrogen-bond acceptors (Lipinski definition) is 4. The van der Waals surface area contributed by atoms with Crippen molar-refractivity contribution < 1.29 is 26.7 Å². The number of benzene rings is 3. The highest BCUT2D eigenvalue weighted by molar-refractivity contribution is 7.92. The maximum atomic E-state index is 12.9. The molecule has 0 radical (unpaired) electrons. The third-order valence-electron chi connectivity index (χ3n) is 4.43. The predicted molar refractivity (Wildman–Crippen MR) is 119 cm³/mol. The molecule has 9 heteroatoms. The van der Waals surface area contributed by atoms with Gasteiger partial charge in [-0.1, -0.05) is 42.5 Å². The summed E-state index contributed by atoms with van der Waals surface area (Å²) in [6.45, 7) is -2.99. The maximum Gasteiger partial charge on any atom is 0.387 e. The number of carbonyl (C=O) groups is 1. The highest BCUT2D eigenvalue weighted by Gasteiger charge is 2.21. The minimum absolute atomic E-state index is 0.00121. The van der Waals surface area contributed by atoms with E-state index in [4.69, 9.17) is 0 Å². The van der Waals surface area contributed by atoms with E-state index in [1.807, 2.05) is 0 Å². The molecule has 0 fully saturated rings. The fraction of sp³-hybridized carbons (Fsp3) is 0.0870. The summed E-state index contributed by atoms with van der Waals surface area (Å²) >= 11 is 0. The van der Waals surface area contributed by atoms with Crippen LogP contribution in [0.3, 0.4) is 0 Å². The van der Waals surface area contributed by atoms with Gasteiger partial charge in [-0.15, -0.1) is 0 Å². The van der Waals surface area contributed by atoms with Gasteiger partial charge in [-0.3, -0.25) is 9.10 Å². The van der Waals surface area contributed by atoms with E-state index >= 15 is 0 Å². The Balaban J connectivity index is 1.75. The van der Waals surface area contributed by atoms with Gasteiger partial charge in [0.05, 0.1) is 10.6 Å². The molecule has 0 aliphatic carbocycles. The SMILES string of the molecule is CN(c1ccccc1)S(=O)(=O)c1cccc(NC(=O)/C=C/c2ccccc2OC(F)F)c1. The Morgan fingerprint density at radius 1 is 1.00 bits per heavy atom. The van der Waals surface area contributed by atoms with Crippen molar-refractivity contribution in [3.8, 4) is 5.75 Å². The van der Waals surface area contributed by atoms with Crippen molar-refractivity contribution in [3.63, 3.8) is 0 Å². The van der Waals surface area contributed by atoms with Gasteiger partial charge in [-0.25, -0.2) is 8.42 Å². The van der Waals surface area contributed by atoms with Crippen molar-refractivity contribution in [1.82, 2.24) is 0 Å². The second kappa shape index (κ2) is 10.1. The van der Waals surface area contributed by atoms with Crippen LogP contribution in [0.1, 0.15) is 5.56 Å². The Labute approximate surface area is 184 Å². The lowest BCUT2D eigenvalue weighted by atomic mass is 10.2. The third kappa shape index (κ3) is 5.70. The van der Waals surface area contributed by atoms with E-state index in [2.05, 4.69) is 10.1 Å². The quantitative estimate of drug-likeness (QED) is 0.494. The van der Waals surface area contributed by atoms with E-state index in [0.29, 0.717) is 11.3 Å². The first-order valence-electron chi connectivity index (χ1n) is 9.44. The number of alkyl halides is 2. The zero-order valence-electron chi connectivity index (χ0n) is 17.0. The number of ether oxygens (including phenoxy) is 1. The first kappa shape index (κ1) is 23.0. The molecule has 166 valence electrons. The van der Waals surface area contributed by atoms with Crippen molar-refractivity contribution in [1.29, 1.82) is 0 Å². The smallest absolute Gasteiger partial charge is 0.387 e. The number of halogens is 2. The van der Waals surface area contributed by atoms with E-state index in [0.717, 1.165) is 10.4 Å². The lowest BCUT2D eigenvalue weighted by Crippen LogP contribution is -2.26. The summed E-state index contributed by atoms with van der Waals surface area (Å²) in [5.74, 6) is -0.633. The van der Waals surface area contributed by atoms with Crippen molar-refractivity contribution >= 4 is 33.4 Å². The van der Waals surface area contributed by atoms with Gasteiger partial charge in [0.15, 0.2) is 0 Å². The molecule has 1 N–H and O–H groups in total.